The van der Waals surface area contributed by atoms with E-state index in [1.807, 2.05) is 12.1 Å². The van der Waals surface area contributed by atoms with Crippen LogP contribution in [-0.2, 0) is 0 Å². The smallest absolute Gasteiger partial charge is 0.145 e. The van der Waals surface area contributed by atoms with Crippen molar-refractivity contribution in [1.29, 1.82) is 0 Å². The maximum Gasteiger partial charge on any atom is 0.145 e. The van der Waals surface area contributed by atoms with Crippen molar-refractivity contribution in [1.82, 2.24) is 0 Å². The van der Waals surface area contributed by atoms with Crippen molar-refractivity contribution in [2.75, 3.05) is 14.2 Å². The third-order valence-electron chi connectivity index (χ3n) is 2.65. The van der Waals surface area contributed by atoms with E-state index in [0.717, 1.165) is 12.0 Å². The number of benzene rings is 1. The van der Waals surface area contributed by atoms with E-state index < -0.39 is 0 Å². The molecule has 1 aromatic carbocycles. The lowest BCUT2D eigenvalue weighted by Crippen LogP contribution is -2.09. The van der Waals surface area contributed by atoms with Crippen molar-refractivity contribution in [3.05, 3.63) is 22.7 Å². The molecule has 0 saturated carbocycles. The molecule has 2 nitrogen and oxygen atoms in total. The van der Waals surface area contributed by atoms with Crippen molar-refractivity contribution < 1.29 is 9.47 Å². The van der Waals surface area contributed by atoms with E-state index in [4.69, 9.17) is 21.1 Å². The fourth-order valence-corrected chi connectivity index (χ4v) is 3.47. The second-order valence-corrected chi connectivity index (χ2v) is 6.92. The molecule has 0 aliphatic heterocycles. The lowest BCUT2D eigenvalue weighted by Gasteiger charge is -2.24. The first-order chi connectivity index (χ1) is 8.30. The molecule has 0 fully saturated rings. The van der Waals surface area contributed by atoms with Gasteiger partial charge in [-0.2, -0.15) is 0 Å². The summed E-state index contributed by atoms with van der Waals surface area (Å²) in [5, 5.41) is 0.524. The minimum absolute atomic E-state index is 0.204. The quantitative estimate of drug-likeness (QED) is 0.701. The van der Waals surface area contributed by atoms with E-state index >= 15 is 0 Å². The van der Waals surface area contributed by atoms with E-state index in [1.165, 1.54) is 0 Å². The van der Waals surface area contributed by atoms with E-state index in [-0.39, 0.29) is 10.2 Å². The van der Waals surface area contributed by atoms with Crippen LogP contribution >= 0.6 is 27.5 Å². The summed E-state index contributed by atoms with van der Waals surface area (Å²) in [6, 6.07) is 3.87. The second kappa shape index (κ2) is 6.16. The minimum Gasteiger partial charge on any atom is -0.495 e. The van der Waals surface area contributed by atoms with Gasteiger partial charge in [0, 0.05) is 10.4 Å². The zero-order valence-electron chi connectivity index (χ0n) is 11.5. The summed E-state index contributed by atoms with van der Waals surface area (Å²) in [7, 11) is 3.22. The minimum atomic E-state index is 0.204. The second-order valence-electron chi connectivity index (χ2n) is 5.44. The molecule has 1 atom stereocenters. The van der Waals surface area contributed by atoms with Gasteiger partial charge in [-0.25, -0.2) is 0 Å². The molecule has 0 aliphatic rings. The highest BCUT2D eigenvalue weighted by atomic mass is 79.9. The molecule has 1 rings (SSSR count). The molecule has 1 aromatic rings. The highest BCUT2D eigenvalue weighted by Crippen LogP contribution is 2.45. The number of hydrogen-bond acceptors (Lipinski definition) is 2. The third-order valence-corrected chi connectivity index (χ3v) is 3.82. The van der Waals surface area contributed by atoms with Crippen LogP contribution in [0.2, 0.25) is 5.02 Å². The standard InChI is InChI=1S/C14H20BrClO2/c1-14(2,3)8-10(15)9-6-7-11(17-4)12(16)13(9)18-5/h6-7,10H,8H2,1-5H3. The van der Waals surface area contributed by atoms with Crippen molar-refractivity contribution in [3.63, 3.8) is 0 Å². The largest absolute Gasteiger partial charge is 0.495 e. The van der Waals surface area contributed by atoms with Gasteiger partial charge >= 0.3 is 0 Å². The van der Waals surface area contributed by atoms with Gasteiger partial charge in [-0.1, -0.05) is 54.4 Å². The average molecular weight is 336 g/mol. The van der Waals surface area contributed by atoms with E-state index in [2.05, 4.69) is 36.7 Å². The van der Waals surface area contributed by atoms with Crippen molar-refractivity contribution in [3.8, 4) is 11.5 Å². The molecule has 1 unspecified atom stereocenters. The Morgan fingerprint density at radius 3 is 2.28 bits per heavy atom. The Morgan fingerprint density at radius 2 is 1.83 bits per heavy atom. The lowest BCUT2D eigenvalue weighted by molar-refractivity contribution is 0.365. The van der Waals surface area contributed by atoms with Gasteiger partial charge in [-0.3, -0.25) is 0 Å². The Balaban J connectivity index is 3.13. The maximum atomic E-state index is 6.26. The van der Waals surface area contributed by atoms with Crippen molar-refractivity contribution >= 4 is 27.5 Å². The average Bonchev–Trinajstić information content (AvgIpc) is 2.26. The van der Waals surface area contributed by atoms with Gasteiger partial charge in [0.2, 0.25) is 0 Å². The molecule has 0 heterocycles. The van der Waals surface area contributed by atoms with E-state index in [1.54, 1.807) is 14.2 Å². The van der Waals surface area contributed by atoms with Crippen molar-refractivity contribution in [2.45, 2.75) is 32.0 Å². The highest BCUT2D eigenvalue weighted by molar-refractivity contribution is 9.09. The fraction of sp³-hybridized carbons (Fsp3) is 0.571. The highest BCUT2D eigenvalue weighted by Gasteiger charge is 2.23. The van der Waals surface area contributed by atoms with Gasteiger partial charge in [0.25, 0.3) is 0 Å². The summed E-state index contributed by atoms with van der Waals surface area (Å²) < 4.78 is 10.6. The summed E-state index contributed by atoms with van der Waals surface area (Å²) >= 11 is 9.97. The van der Waals surface area contributed by atoms with Crippen LogP contribution in [0.3, 0.4) is 0 Å². The van der Waals surface area contributed by atoms with Gasteiger partial charge in [-0.05, 0) is 17.9 Å². The summed E-state index contributed by atoms with van der Waals surface area (Å²) in [6.07, 6.45) is 0.992. The first-order valence-corrected chi connectivity index (χ1v) is 7.14. The van der Waals surface area contributed by atoms with Gasteiger partial charge in [0.15, 0.2) is 0 Å². The molecule has 0 radical (unpaired) electrons. The number of ether oxygens (including phenoxy) is 2. The molecule has 0 saturated heterocycles. The molecule has 0 spiro atoms. The Kier molecular flexibility index (Phi) is 5.35. The predicted molar refractivity (Wildman–Crippen MR) is 80.3 cm³/mol. The van der Waals surface area contributed by atoms with Crippen LogP contribution in [0, 0.1) is 5.41 Å². The normalized spacial score (nSPS) is 13.3. The molecule has 0 amide bonds. The van der Waals surface area contributed by atoms with Crippen LogP contribution in [0.5, 0.6) is 11.5 Å². The molecular weight excluding hydrogens is 316 g/mol. The Morgan fingerprint density at radius 1 is 1.22 bits per heavy atom. The summed E-state index contributed by atoms with van der Waals surface area (Å²) in [4.78, 5) is 0.204. The van der Waals surface area contributed by atoms with Gasteiger partial charge in [0.1, 0.15) is 16.5 Å². The zero-order chi connectivity index (χ0) is 13.9. The summed E-state index contributed by atoms with van der Waals surface area (Å²) in [6.45, 7) is 6.62. The number of rotatable bonds is 4. The van der Waals surface area contributed by atoms with Gasteiger partial charge in [0.05, 0.1) is 14.2 Å². The molecule has 0 N–H and O–H groups in total. The molecule has 0 aromatic heterocycles. The van der Waals surface area contributed by atoms with Crippen LogP contribution in [0.15, 0.2) is 12.1 Å². The summed E-state index contributed by atoms with van der Waals surface area (Å²) in [5.74, 6) is 1.31. The first kappa shape index (κ1) is 15.6. The predicted octanol–water partition coefficient (Wildman–Crippen LogP) is 5.23. The van der Waals surface area contributed by atoms with Crippen LogP contribution in [0.25, 0.3) is 0 Å². The van der Waals surface area contributed by atoms with E-state index in [0.29, 0.717) is 16.5 Å². The Labute approximate surface area is 123 Å². The lowest BCUT2D eigenvalue weighted by atomic mass is 9.88. The van der Waals surface area contributed by atoms with Crippen LogP contribution < -0.4 is 9.47 Å². The number of methoxy groups -OCH3 is 2. The number of alkyl halides is 1. The van der Waals surface area contributed by atoms with Crippen LogP contribution in [-0.4, -0.2) is 14.2 Å². The van der Waals surface area contributed by atoms with Crippen LogP contribution in [0.4, 0.5) is 0 Å². The molecular formula is C14H20BrClO2. The van der Waals surface area contributed by atoms with Crippen LogP contribution in [0.1, 0.15) is 37.6 Å². The van der Waals surface area contributed by atoms with E-state index in [9.17, 15) is 0 Å². The summed E-state index contributed by atoms with van der Waals surface area (Å²) in [5.41, 5.74) is 1.28. The molecule has 18 heavy (non-hydrogen) atoms. The number of hydrogen-bond donors (Lipinski definition) is 0. The third kappa shape index (κ3) is 3.79. The molecule has 4 heteroatoms. The SMILES string of the molecule is COc1ccc(C(Br)CC(C)(C)C)c(OC)c1Cl. The monoisotopic (exact) mass is 334 g/mol. The Hall–Kier alpha value is -0.410. The molecule has 102 valence electrons. The zero-order valence-corrected chi connectivity index (χ0v) is 13.9. The van der Waals surface area contributed by atoms with Gasteiger partial charge < -0.3 is 9.47 Å². The van der Waals surface area contributed by atoms with Crippen molar-refractivity contribution in [2.24, 2.45) is 5.41 Å². The fourth-order valence-electron chi connectivity index (χ4n) is 1.81. The Bertz CT molecular complexity index is 413. The van der Waals surface area contributed by atoms with Gasteiger partial charge in [-0.15, -0.1) is 0 Å². The topological polar surface area (TPSA) is 18.5 Å². The number of halogens is 2. The first-order valence-electron chi connectivity index (χ1n) is 5.84. The molecule has 0 bridgehead atoms. The maximum absolute atomic E-state index is 6.26. The molecule has 0 aliphatic carbocycles.